The van der Waals surface area contributed by atoms with Crippen LogP contribution in [0.4, 0.5) is 15.8 Å². The third-order valence-corrected chi connectivity index (χ3v) is 4.62. The lowest BCUT2D eigenvalue weighted by atomic mass is 10.1. The normalized spacial score (nSPS) is 10.2. The number of amides is 2. The Kier molecular flexibility index (Phi) is 6.06. The number of rotatable bonds is 5. The van der Waals surface area contributed by atoms with Crippen molar-refractivity contribution in [3.63, 3.8) is 0 Å². The summed E-state index contributed by atoms with van der Waals surface area (Å²) < 4.78 is 18.9. The van der Waals surface area contributed by atoms with Crippen LogP contribution in [0.25, 0.3) is 0 Å². The van der Waals surface area contributed by atoms with E-state index in [0.717, 1.165) is 6.07 Å². The standard InChI is InChI=1S/C21H16BrFN2O3/c1-28-17-9-7-16(8-10-17)24-20(26)13-2-5-15(6-3-13)25-21(27)18-12-14(23)4-11-19(18)22/h2-12H,1H3,(H,24,26)(H,25,27). The van der Waals surface area contributed by atoms with Gasteiger partial charge in [0.1, 0.15) is 11.6 Å². The van der Waals surface area contributed by atoms with E-state index < -0.39 is 11.7 Å². The number of nitrogens with one attached hydrogen (secondary N) is 2. The second-order valence-corrected chi connectivity index (χ2v) is 6.69. The number of halogens is 2. The Morgan fingerprint density at radius 3 is 2.04 bits per heavy atom. The third-order valence-electron chi connectivity index (χ3n) is 3.93. The highest BCUT2D eigenvalue weighted by Crippen LogP contribution is 2.20. The van der Waals surface area contributed by atoms with Gasteiger partial charge in [-0.3, -0.25) is 9.59 Å². The average Bonchev–Trinajstić information content (AvgIpc) is 2.70. The molecule has 28 heavy (non-hydrogen) atoms. The van der Waals surface area contributed by atoms with Gasteiger partial charge in [-0.2, -0.15) is 0 Å². The van der Waals surface area contributed by atoms with E-state index in [1.807, 2.05) is 0 Å². The van der Waals surface area contributed by atoms with E-state index in [2.05, 4.69) is 26.6 Å². The maximum Gasteiger partial charge on any atom is 0.256 e. The van der Waals surface area contributed by atoms with Crippen LogP contribution in [0.3, 0.4) is 0 Å². The zero-order valence-electron chi connectivity index (χ0n) is 14.8. The van der Waals surface area contributed by atoms with Crippen molar-refractivity contribution in [2.45, 2.75) is 0 Å². The Hall–Kier alpha value is -3.19. The monoisotopic (exact) mass is 442 g/mol. The van der Waals surface area contributed by atoms with Gasteiger partial charge in [0.15, 0.2) is 0 Å². The summed E-state index contributed by atoms with van der Waals surface area (Å²) in [5.74, 6) is -0.542. The van der Waals surface area contributed by atoms with E-state index in [1.165, 1.54) is 12.1 Å². The highest BCUT2D eigenvalue weighted by molar-refractivity contribution is 9.10. The molecular weight excluding hydrogens is 427 g/mol. The Morgan fingerprint density at radius 1 is 0.857 bits per heavy atom. The van der Waals surface area contributed by atoms with Gasteiger partial charge in [-0.25, -0.2) is 4.39 Å². The van der Waals surface area contributed by atoms with Crippen LogP contribution in [0.2, 0.25) is 0 Å². The Balaban J connectivity index is 1.66. The van der Waals surface area contributed by atoms with Crippen molar-refractivity contribution in [3.05, 3.63) is 88.1 Å². The Bertz CT molecular complexity index is 1010. The van der Waals surface area contributed by atoms with Crippen molar-refractivity contribution in [2.75, 3.05) is 17.7 Å². The van der Waals surface area contributed by atoms with Crippen LogP contribution in [0, 0.1) is 5.82 Å². The maximum absolute atomic E-state index is 13.4. The molecule has 2 N–H and O–H groups in total. The molecule has 0 saturated heterocycles. The maximum atomic E-state index is 13.4. The highest BCUT2D eigenvalue weighted by atomic mass is 79.9. The molecule has 3 aromatic carbocycles. The van der Waals surface area contributed by atoms with Crippen molar-refractivity contribution in [2.24, 2.45) is 0 Å². The van der Waals surface area contributed by atoms with Gasteiger partial charge in [0.2, 0.25) is 0 Å². The molecule has 7 heteroatoms. The van der Waals surface area contributed by atoms with Crippen molar-refractivity contribution < 1.29 is 18.7 Å². The molecule has 3 rings (SSSR count). The second kappa shape index (κ2) is 8.67. The van der Waals surface area contributed by atoms with Gasteiger partial charge >= 0.3 is 0 Å². The quantitative estimate of drug-likeness (QED) is 0.577. The molecule has 3 aromatic rings. The smallest absolute Gasteiger partial charge is 0.256 e. The molecule has 0 aliphatic carbocycles. The molecule has 0 aromatic heterocycles. The zero-order chi connectivity index (χ0) is 20.1. The lowest BCUT2D eigenvalue weighted by Gasteiger charge is -2.09. The number of carbonyl (C=O) groups excluding carboxylic acids is 2. The van der Waals surface area contributed by atoms with E-state index in [-0.39, 0.29) is 11.5 Å². The molecule has 0 atom stereocenters. The van der Waals surface area contributed by atoms with E-state index in [0.29, 0.717) is 27.2 Å². The molecule has 0 radical (unpaired) electrons. The van der Waals surface area contributed by atoms with E-state index >= 15 is 0 Å². The highest BCUT2D eigenvalue weighted by Gasteiger charge is 2.12. The van der Waals surface area contributed by atoms with E-state index in [9.17, 15) is 14.0 Å². The molecule has 142 valence electrons. The molecule has 5 nitrogen and oxygen atoms in total. The average molecular weight is 443 g/mol. The van der Waals surface area contributed by atoms with E-state index in [4.69, 9.17) is 4.74 Å². The van der Waals surface area contributed by atoms with Crippen molar-refractivity contribution >= 4 is 39.1 Å². The minimum Gasteiger partial charge on any atom is -0.497 e. The predicted octanol–water partition coefficient (Wildman–Crippen LogP) is 5.10. The minimum absolute atomic E-state index is 0.182. The number of hydrogen-bond donors (Lipinski definition) is 2. The number of hydrogen-bond acceptors (Lipinski definition) is 3. The van der Waals surface area contributed by atoms with Gasteiger partial charge in [0.05, 0.1) is 12.7 Å². The van der Waals surface area contributed by atoms with Crippen LogP contribution in [-0.4, -0.2) is 18.9 Å². The molecule has 0 aliphatic rings. The van der Waals surface area contributed by atoms with Crippen LogP contribution in [0.1, 0.15) is 20.7 Å². The van der Waals surface area contributed by atoms with Gasteiger partial charge in [0.25, 0.3) is 11.8 Å². The number of benzene rings is 3. The summed E-state index contributed by atoms with van der Waals surface area (Å²) in [6.07, 6.45) is 0. The molecule has 0 heterocycles. The summed E-state index contributed by atoms with van der Waals surface area (Å²) in [5, 5.41) is 5.45. The largest absolute Gasteiger partial charge is 0.497 e. The lowest BCUT2D eigenvalue weighted by molar-refractivity contribution is 0.101. The van der Waals surface area contributed by atoms with Crippen LogP contribution in [0.15, 0.2) is 71.2 Å². The topological polar surface area (TPSA) is 67.4 Å². The predicted molar refractivity (Wildman–Crippen MR) is 109 cm³/mol. The van der Waals surface area contributed by atoms with Gasteiger partial charge in [0, 0.05) is 21.4 Å². The van der Waals surface area contributed by atoms with Crippen LogP contribution < -0.4 is 15.4 Å². The summed E-state index contributed by atoms with van der Waals surface area (Å²) in [4.78, 5) is 24.6. The molecule has 0 aliphatic heterocycles. The first-order valence-corrected chi connectivity index (χ1v) is 9.07. The van der Waals surface area contributed by atoms with Gasteiger partial charge < -0.3 is 15.4 Å². The number of ether oxygens (including phenoxy) is 1. The molecule has 0 spiro atoms. The summed E-state index contributed by atoms with van der Waals surface area (Å²) in [6.45, 7) is 0. The number of methoxy groups -OCH3 is 1. The fourth-order valence-corrected chi connectivity index (χ4v) is 2.88. The van der Waals surface area contributed by atoms with Gasteiger partial charge in [-0.1, -0.05) is 0 Å². The number of carbonyl (C=O) groups is 2. The van der Waals surface area contributed by atoms with Crippen LogP contribution >= 0.6 is 15.9 Å². The van der Waals surface area contributed by atoms with Gasteiger partial charge in [-0.15, -0.1) is 0 Å². The first-order chi connectivity index (χ1) is 13.5. The first kappa shape index (κ1) is 19.6. The van der Waals surface area contributed by atoms with Crippen LogP contribution in [-0.2, 0) is 0 Å². The molecule has 0 unspecified atom stereocenters. The van der Waals surface area contributed by atoms with Gasteiger partial charge in [-0.05, 0) is 82.7 Å². The minimum atomic E-state index is -0.501. The number of anilines is 2. The third kappa shape index (κ3) is 4.75. The molecule has 2 amide bonds. The summed E-state index contributed by atoms with van der Waals surface area (Å²) in [5.41, 5.74) is 1.74. The molecule has 0 fully saturated rings. The van der Waals surface area contributed by atoms with Crippen LogP contribution in [0.5, 0.6) is 5.75 Å². The zero-order valence-corrected chi connectivity index (χ0v) is 16.4. The fraction of sp³-hybridized carbons (Fsp3) is 0.0476. The summed E-state index contributed by atoms with van der Waals surface area (Å²) >= 11 is 3.23. The Morgan fingerprint density at radius 2 is 1.43 bits per heavy atom. The molecule has 0 bridgehead atoms. The Labute approximate surface area is 169 Å². The van der Waals surface area contributed by atoms with Crippen molar-refractivity contribution in [1.29, 1.82) is 0 Å². The molecular formula is C21H16BrFN2O3. The van der Waals surface area contributed by atoms with E-state index in [1.54, 1.807) is 55.6 Å². The summed E-state index contributed by atoms with van der Waals surface area (Å²) in [7, 11) is 1.57. The molecule has 0 saturated carbocycles. The summed E-state index contributed by atoms with van der Waals surface area (Å²) in [6, 6.07) is 17.2. The SMILES string of the molecule is COc1ccc(NC(=O)c2ccc(NC(=O)c3cc(F)ccc3Br)cc2)cc1. The second-order valence-electron chi connectivity index (χ2n) is 5.84. The van der Waals surface area contributed by atoms with Crippen molar-refractivity contribution in [3.8, 4) is 5.75 Å². The first-order valence-electron chi connectivity index (χ1n) is 8.28. The fourth-order valence-electron chi connectivity index (χ4n) is 2.45. The van der Waals surface area contributed by atoms with Crippen molar-refractivity contribution in [1.82, 2.24) is 0 Å². The lowest BCUT2D eigenvalue weighted by Crippen LogP contribution is -2.14.